The molecule has 0 radical (unpaired) electrons. The molecule has 0 bridgehead atoms. The van der Waals surface area contributed by atoms with Crippen LogP contribution in [0.4, 0.5) is 0 Å². The molecule has 1 aromatic carbocycles. The van der Waals surface area contributed by atoms with Gasteiger partial charge in [-0.2, -0.15) is 0 Å². The lowest BCUT2D eigenvalue weighted by molar-refractivity contribution is -0.128. The standard InChI is InChI=1S/C17H21N3O2S/c1-11-14(16(22)20-9-5-2-6-10-20)15(19-17(23)18-11)12-7-3-4-8-13(12)21/h3-4,7-8,15,21H,2,5-6,9-10H2,1H3,(H2,18,19,23). The van der Waals surface area contributed by atoms with Crippen molar-refractivity contribution in [1.82, 2.24) is 15.5 Å². The van der Waals surface area contributed by atoms with Gasteiger partial charge in [-0.3, -0.25) is 4.79 Å². The predicted octanol–water partition coefficient (Wildman–Crippen LogP) is 2.20. The maximum Gasteiger partial charge on any atom is 0.253 e. The third kappa shape index (κ3) is 3.17. The number of hydrogen-bond donors (Lipinski definition) is 3. The SMILES string of the molecule is CC1=C(C(=O)N2CCCCC2)C(c2ccccc2O)NC(=S)N1. The van der Waals surface area contributed by atoms with Crippen molar-refractivity contribution in [3.05, 3.63) is 41.1 Å². The van der Waals surface area contributed by atoms with Crippen LogP contribution in [0.1, 0.15) is 37.8 Å². The van der Waals surface area contributed by atoms with E-state index in [-0.39, 0.29) is 11.7 Å². The number of likely N-dealkylation sites (tertiary alicyclic amines) is 1. The molecule has 2 heterocycles. The van der Waals surface area contributed by atoms with Crippen LogP contribution in [0.3, 0.4) is 0 Å². The second-order valence-electron chi connectivity index (χ2n) is 5.98. The van der Waals surface area contributed by atoms with E-state index in [4.69, 9.17) is 12.2 Å². The quantitative estimate of drug-likeness (QED) is 0.725. The third-order valence-electron chi connectivity index (χ3n) is 4.39. The molecule has 2 aliphatic rings. The summed E-state index contributed by atoms with van der Waals surface area (Å²) in [4.78, 5) is 14.9. The zero-order valence-electron chi connectivity index (χ0n) is 13.1. The molecule has 2 aliphatic heterocycles. The van der Waals surface area contributed by atoms with Gasteiger partial charge in [0.05, 0.1) is 11.6 Å². The molecule has 1 atom stereocenters. The van der Waals surface area contributed by atoms with E-state index in [1.165, 1.54) is 6.42 Å². The smallest absolute Gasteiger partial charge is 0.253 e. The summed E-state index contributed by atoms with van der Waals surface area (Å²) in [6, 6.07) is 6.62. The number of rotatable bonds is 2. The van der Waals surface area contributed by atoms with Gasteiger partial charge >= 0.3 is 0 Å². The van der Waals surface area contributed by atoms with Gasteiger partial charge in [-0.1, -0.05) is 18.2 Å². The van der Waals surface area contributed by atoms with Crippen LogP contribution in [0.25, 0.3) is 0 Å². The highest BCUT2D eigenvalue weighted by Crippen LogP contribution is 2.33. The van der Waals surface area contributed by atoms with Crippen LogP contribution < -0.4 is 10.6 Å². The Morgan fingerprint density at radius 3 is 2.65 bits per heavy atom. The van der Waals surface area contributed by atoms with E-state index in [2.05, 4.69) is 10.6 Å². The van der Waals surface area contributed by atoms with Crippen molar-refractivity contribution in [2.75, 3.05) is 13.1 Å². The summed E-state index contributed by atoms with van der Waals surface area (Å²) in [6.45, 7) is 3.43. The normalized spacial score (nSPS) is 21.7. The third-order valence-corrected chi connectivity index (χ3v) is 4.61. The van der Waals surface area contributed by atoms with Gasteiger partial charge in [0.25, 0.3) is 5.91 Å². The summed E-state index contributed by atoms with van der Waals surface area (Å²) >= 11 is 5.24. The molecule has 6 heteroatoms. The van der Waals surface area contributed by atoms with Crippen molar-refractivity contribution in [2.24, 2.45) is 0 Å². The van der Waals surface area contributed by atoms with E-state index in [1.54, 1.807) is 12.1 Å². The monoisotopic (exact) mass is 331 g/mol. The first-order valence-corrected chi connectivity index (χ1v) is 8.34. The van der Waals surface area contributed by atoms with E-state index in [0.29, 0.717) is 16.2 Å². The van der Waals surface area contributed by atoms with Crippen LogP contribution in [-0.4, -0.2) is 34.1 Å². The second-order valence-corrected chi connectivity index (χ2v) is 6.39. The zero-order chi connectivity index (χ0) is 16.4. The lowest BCUT2D eigenvalue weighted by atomic mass is 9.93. The van der Waals surface area contributed by atoms with Gasteiger partial charge in [0.2, 0.25) is 0 Å². The Bertz CT molecular complexity index is 666. The number of thiocarbonyl (C=S) groups is 1. The number of benzene rings is 1. The van der Waals surface area contributed by atoms with Crippen LogP contribution >= 0.6 is 12.2 Å². The Morgan fingerprint density at radius 2 is 1.96 bits per heavy atom. The maximum atomic E-state index is 13.0. The van der Waals surface area contributed by atoms with Gasteiger partial charge in [-0.15, -0.1) is 0 Å². The molecule has 1 amide bonds. The minimum atomic E-state index is -0.431. The van der Waals surface area contributed by atoms with Crippen molar-refractivity contribution >= 4 is 23.2 Å². The first-order valence-electron chi connectivity index (χ1n) is 7.93. The molecular weight excluding hydrogens is 310 g/mol. The Hall–Kier alpha value is -2.08. The van der Waals surface area contributed by atoms with Crippen molar-refractivity contribution in [2.45, 2.75) is 32.2 Å². The van der Waals surface area contributed by atoms with Gasteiger partial charge in [-0.25, -0.2) is 0 Å². The number of nitrogens with zero attached hydrogens (tertiary/aromatic N) is 1. The second kappa shape index (κ2) is 6.58. The van der Waals surface area contributed by atoms with Crippen molar-refractivity contribution in [1.29, 1.82) is 0 Å². The fraction of sp³-hybridized carbons (Fsp3) is 0.412. The average molecular weight is 331 g/mol. The molecule has 1 saturated heterocycles. The van der Waals surface area contributed by atoms with Crippen LogP contribution in [0.15, 0.2) is 35.5 Å². The number of aromatic hydroxyl groups is 1. The number of nitrogens with one attached hydrogen (secondary N) is 2. The topological polar surface area (TPSA) is 64.6 Å². The summed E-state index contributed by atoms with van der Waals surface area (Å²) in [5, 5.41) is 16.8. The van der Waals surface area contributed by atoms with Gasteiger partial charge in [0.15, 0.2) is 5.11 Å². The molecule has 122 valence electrons. The summed E-state index contributed by atoms with van der Waals surface area (Å²) in [5.74, 6) is 0.171. The Kier molecular flexibility index (Phi) is 4.52. The van der Waals surface area contributed by atoms with E-state index in [1.807, 2.05) is 24.0 Å². The fourth-order valence-electron chi connectivity index (χ4n) is 3.21. The van der Waals surface area contributed by atoms with E-state index < -0.39 is 6.04 Å². The highest BCUT2D eigenvalue weighted by molar-refractivity contribution is 7.80. The first-order chi connectivity index (χ1) is 11.1. The number of carbonyl (C=O) groups excluding carboxylic acids is 1. The summed E-state index contributed by atoms with van der Waals surface area (Å²) < 4.78 is 0. The van der Waals surface area contributed by atoms with Gasteiger partial charge in [0.1, 0.15) is 5.75 Å². The molecule has 0 spiro atoms. The number of piperidine rings is 1. The summed E-state index contributed by atoms with van der Waals surface area (Å²) in [6.07, 6.45) is 3.25. The highest BCUT2D eigenvalue weighted by Gasteiger charge is 2.33. The molecule has 0 aliphatic carbocycles. The number of hydrogen-bond acceptors (Lipinski definition) is 3. The Labute approximate surface area is 141 Å². The molecule has 0 saturated carbocycles. The van der Waals surface area contributed by atoms with Crippen LogP contribution in [0.5, 0.6) is 5.75 Å². The van der Waals surface area contributed by atoms with E-state index in [0.717, 1.165) is 31.6 Å². The van der Waals surface area contributed by atoms with Crippen LogP contribution in [0.2, 0.25) is 0 Å². The molecule has 0 aromatic heterocycles. The van der Waals surface area contributed by atoms with E-state index >= 15 is 0 Å². The van der Waals surface area contributed by atoms with Crippen LogP contribution in [0, 0.1) is 0 Å². The average Bonchev–Trinajstić information content (AvgIpc) is 2.55. The number of phenolic OH excluding ortho intramolecular Hbond substituents is 1. The largest absolute Gasteiger partial charge is 0.508 e. The highest BCUT2D eigenvalue weighted by atomic mass is 32.1. The molecule has 23 heavy (non-hydrogen) atoms. The van der Waals surface area contributed by atoms with Crippen LogP contribution in [-0.2, 0) is 4.79 Å². The van der Waals surface area contributed by atoms with Gasteiger partial charge < -0.3 is 20.6 Å². The van der Waals surface area contributed by atoms with Gasteiger partial charge in [0, 0.05) is 24.4 Å². The molecule has 3 N–H and O–H groups in total. The Morgan fingerprint density at radius 1 is 1.26 bits per heavy atom. The Balaban J connectivity index is 1.99. The van der Waals surface area contributed by atoms with Crippen molar-refractivity contribution in [3.63, 3.8) is 0 Å². The first kappa shape index (κ1) is 15.8. The molecular formula is C17H21N3O2S. The van der Waals surface area contributed by atoms with E-state index in [9.17, 15) is 9.90 Å². The van der Waals surface area contributed by atoms with Crippen molar-refractivity contribution < 1.29 is 9.90 Å². The minimum Gasteiger partial charge on any atom is -0.508 e. The number of phenols is 1. The molecule has 1 unspecified atom stereocenters. The lowest BCUT2D eigenvalue weighted by Crippen LogP contribution is -2.48. The molecule has 1 fully saturated rings. The fourth-order valence-corrected chi connectivity index (χ4v) is 3.48. The number of amides is 1. The lowest BCUT2D eigenvalue weighted by Gasteiger charge is -2.35. The maximum absolute atomic E-state index is 13.0. The molecule has 3 rings (SSSR count). The predicted molar refractivity (Wildman–Crippen MR) is 92.8 cm³/mol. The molecule has 5 nitrogen and oxygen atoms in total. The number of para-hydroxylation sites is 1. The summed E-state index contributed by atoms with van der Waals surface area (Å²) in [5.41, 5.74) is 2.04. The minimum absolute atomic E-state index is 0.0120. The number of carbonyl (C=O) groups is 1. The van der Waals surface area contributed by atoms with Crippen molar-refractivity contribution in [3.8, 4) is 5.75 Å². The summed E-state index contributed by atoms with van der Waals surface area (Å²) in [7, 11) is 0. The number of allylic oxidation sites excluding steroid dienone is 1. The molecule has 1 aromatic rings. The van der Waals surface area contributed by atoms with Gasteiger partial charge in [-0.05, 0) is 44.5 Å². The zero-order valence-corrected chi connectivity index (χ0v) is 13.9.